The van der Waals surface area contributed by atoms with Gasteiger partial charge in [-0.1, -0.05) is 30.0 Å². The predicted molar refractivity (Wildman–Crippen MR) is 99.2 cm³/mol. The number of carbonyl (C=O) groups is 2. The normalized spacial score (nSPS) is 10.6. The number of amides is 3. The number of carbonyl (C=O) groups excluding carboxylic acids is 2. The molecule has 2 N–H and O–H groups in total. The Kier molecular flexibility index (Phi) is 5.15. The topological polar surface area (TPSA) is 93.1 Å². The van der Waals surface area contributed by atoms with Crippen LogP contribution in [0.15, 0.2) is 51.7 Å². The van der Waals surface area contributed by atoms with E-state index >= 15 is 0 Å². The Morgan fingerprint density at radius 2 is 2.00 bits per heavy atom. The first-order chi connectivity index (χ1) is 12.0. The Labute approximate surface area is 151 Å². The van der Waals surface area contributed by atoms with E-state index in [0.717, 1.165) is 11.8 Å². The number of fused-ring (bicyclic) bond motifs is 1. The molecule has 128 valence electrons. The number of imide groups is 1. The van der Waals surface area contributed by atoms with Crippen molar-refractivity contribution in [3.63, 3.8) is 0 Å². The molecule has 7 nitrogen and oxygen atoms in total. The molecule has 0 aliphatic heterocycles. The molecule has 2 heterocycles. The third-order valence-corrected chi connectivity index (χ3v) is 5.18. The summed E-state index contributed by atoms with van der Waals surface area (Å²) in [7, 11) is 1.61. The number of hydrogen-bond acceptors (Lipinski definition) is 6. The minimum absolute atomic E-state index is 0.0296. The number of para-hydroxylation sites is 1. The van der Waals surface area contributed by atoms with Gasteiger partial charge in [0.1, 0.15) is 4.70 Å². The van der Waals surface area contributed by atoms with Crippen LogP contribution in [0.1, 0.15) is 0 Å². The highest BCUT2D eigenvalue weighted by molar-refractivity contribution is 7.99. The second-order valence-corrected chi connectivity index (χ2v) is 6.91. The first-order valence-corrected chi connectivity index (χ1v) is 9.14. The van der Waals surface area contributed by atoms with E-state index in [0.29, 0.717) is 21.1 Å². The van der Waals surface area contributed by atoms with Crippen LogP contribution >= 0.6 is 23.1 Å². The first kappa shape index (κ1) is 17.2. The Bertz CT molecular complexity index is 982. The minimum Gasteiger partial charge on any atom is -0.308 e. The van der Waals surface area contributed by atoms with Gasteiger partial charge in [0, 0.05) is 12.7 Å². The van der Waals surface area contributed by atoms with Crippen LogP contribution in [-0.4, -0.2) is 27.2 Å². The van der Waals surface area contributed by atoms with Crippen molar-refractivity contribution in [2.45, 2.75) is 5.16 Å². The molecule has 2 aromatic heterocycles. The van der Waals surface area contributed by atoms with Gasteiger partial charge in [-0.3, -0.25) is 19.5 Å². The number of nitrogens with one attached hydrogen (secondary N) is 2. The van der Waals surface area contributed by atoms with Gasteiger partial charge in [-0.25, -0.2) is 9.78 Å². The lowest BCUT2D eigenvalue weighted by Crippen LogP contribution is -2.35. The summed E-state index contributed by atoms with van der Waals surface area (Å²) in [5.74, 6) is -0.504. The second-order valence-electron chi connectivity index (χ2n) is 5.05. The van der Waals surface area contributed by atoms with E-state index in [1.807, 2.05) is 6.07 Å². The van der Waals surface area contributed by atoms with Gasteiger partial charge in [0.25, 0.3) is 5.56 Å². The molecular formula is C16H14N4O3S2. The van der Waals surface area contributed by atoms with E-state index in [4.69, 9.17) is 0 Å². The summed E-state index contributed by atoms with van der Waals surface area (Å²) in [5.41, 5.74) is 1.05. The van der Waals surface area contributed by atoms with Gasteiger partial charge in [0.2, 0.25) is 5.91 Å². The fourth-order valence-electron chi connectivity index (χ4n) is 2.07. The molecule has 0 saturated heterocycles. The summed E-state index contributed by atoms with van der Waals surface area (Å²) in [6, 6.07) is 9.97. The molecule has 0 aliphatic rings. The highest BCUT2D eigenvalue weighted by Gasteiger charge is 2.13. The lowest BCUT2D eigenvalue weighted by Gasteiger charge is -2.08. The molecule has 0 bridgehead atoms. The van der Waals surface area contributed by atoms with Crippen molar-refractivity contribution in [3.05, 3.63) is 52.1 Å². The Morgan fingerprint density at radius 3 is 2.76 bits per heavy atom. The summed E-state index contributed by atoms with van der Waals surface area (Å²) in [6.45, 7) is 0. The van der Waals surface area contributed by atoms with Crippen LogP contribution in [0.25, 0.3) is 10.2 Å². The number of aromatic nitrogens is 2. The molecule has 0 radical (unpaired) electrons. The van der Waals surface area contributed by atoms with Crippen LogP contribution in [0, 0.1) is 0 Å². The maximum Gasteiger partial charge on any atom is 0.325 e. The quantitative estimate of drug-likeness (QED) is 0.540. The summed E-state index contributed by atoms with van der Waals surface area (Å²) in [5, 5.41) is 7.03. The highest BCUT2D eigenvalue weighted by atomic mass is 32.2. The Balaban J connectivity index is 1.60. The summed E-state index contributed by atoms with van der Waals surface area (Å²) >= 11 is 2.43. The van der Waals surface area contributed by atoms with E-state index < -0.39 is 11.9 Å². The minimum atomic E-state index is -0.605. The molecule has 0 fully saturated rings. The zero-order chi connectivity index (χ0) is 17.8. The van der Waals surface area contributed by atoms with Crippen LogP contribution in [0.4, 0.5) is 10.5 Å². The summed E-state index contributed by atoms with van der Waals surface area (Å²) in [4.78, 5) is 40.3. The maximum absolute atomic E-state index is 12.2. The van der Waals surface area contributed by atoms with Crippen LogP contribution in [0.2, 0.25) is 0 Å². The van der Waals surface area contributed by atoms with Crippen molar-refractivity contribution in [1.82, 2.24) is 14.9 Å². The molecule has 1 aromatic carbocycles. The van der Waals surface area contributed by atoms with E-state index in [1.54, 1.807) is 42.8 Å². The summed E-state index contributed by atoms with van der Waals surface area (Å²) < 4.78 is 1.99. The van der Waals surface area contributed by atoms with Gasteiger partial charge in [-0.05, 0) is 23.6 Å². The Morgan fingerprint density at radius 1 is 1.24 bits per heavy atom. The largest absolute Gasteiger partial charge is 0.325 e. The third kappa shape index (κ3) is 4.06. The van der Waals surface area contributed by atoms with Crippen molar-refractivity contribution in [1.29, 1.82) is 0 Å². The molecule has 3 aromatic rings. The number of thioether (sulfide) groups is 1. The van der Waals surface area contributed by atoms with Gasteiger partial charge in [-0.15, -0.1) is 11.3 Å². The SMILES string of the molecule is Cn1c(SCC(=O)NC(=O)Nc2ccccc2)nc2ccsc2c1=O. The fourth-order valence-corrected chi connectivity index (χ4v) is 3.65. The first-order valence-electron chi connectivity index (χ1n) is 7.27. The van der Waals surface area contributed by atoms with Crippen molar-refractivity contribution >= 4 is 50.9 Å². The zero-order valence-corrected chi connectivity index (χ0v) is 14.8. The maximum atomic E-state index is 12.2. The van der Waals surface area contributed by atoms with E-state index in [-0.39, 0.29) is 11.3 Å². The molecular weight excluding hydrogens is 360 g/mol. The average molecular weight is 374 g/mol. The van der Waals surface area contributed by atoms with E-state index in [2.05, 4.69) is 15.6 Å². The molecule has 0 atom stereocenters. The number of nitrogens with zero attached hydrogens (tertiary/aromatic N) is 2. The van der Waals surface area contributed by atoms with Crippen molar-refractivity contribution in [2.75, 3.05) is 11.1 Å². The molecule has 0 saturated carbocycles. The molecule has 25 heavy (non-hydrogen) atoms. The zero-order valence-electron chi connectivity index (χ0n) is 13.2. The average Bonchev–Trinajstić information content (AvgIpc) is 3.06. The van der Waals surface area contributed by atoms with Crippen LogP contribution in [0.5, 0.6) is 0 Å². The molecule has 0 aliphatic carbocycles. The van der Waals surface area contributed by atoms with Crippen LogP contribution in [0.3, 0.4) is 0 Å². The van der Waals surface area contributed by atoms with E-state index in [1.165, 1.54) is 15.9 Å². The number of urea groups is 1. The fraction of sp³-hybridized carbons (Fsp3) is 0.125. The number of thiophene rings is 1. The van der Waals surface area contributed by atoms with E-state index in [9.17, 15) is 14.4 Å². The number of benzene rings is 1. The molecule has 9 heteroatoms. The summed E-state index contributed by atoms with van der Waals surface area (Å²) in [6.07, 6.45) is 0. The highest BCUT2D eigenvalue weighted by Crippen LogP contribution is 2.19. The van der Waals surface area contributed by atoms with Crippen molar-refractivity contribution in [2.24, 2.45) is 7.05 Å². The molecule has 3 rings (SSSR count). The second kappa shape index (κ2) is 7.49. The number of rotatable bonds is 4. The van der Waals surface area contributed by atoms with Gasteiger partial charge in [-0.2, -0.15) is 0 Å². The predicted octanol–water partition coefficient (Wildman–Crippen LogP) is 2.44. The molecule has 0 spiro atoms. The third-order valence-electron chi connectivity index (χ3n) is 3.26. The molecule has 0 unspecified atom stereocenters. The van der Waals surface area contributed by atoms with Gasteiger partial charge >= 0.3 is 6.03 Å². The number of anilines is 1. The van der Waals surface area contributed by atoms with Crippen LogP contribution in [-0.2, 0) is 11.8 Å². The van der Waals surface area contributed by atoms with Gasteiger partial charge in [0.05, 0.1) is 11.3 Å². The van der Waals surface area contributed by atoms with Crippen LogP contribution < -0.4 is 16.2 Å². The Hall–Kier alpha value is -2.65. The van der Waals surface area contributed by atoms with Gasteiger partial charge < -0.3 is 5.32 Å². The lowest BCUT2D eigenvalue weighted by molar-refractivity contribution is -0.117. The van der Waals surface area contributed by atoms with Crippen molar-refractivity contribution in [3.8, 4) is 0 Å². The number of hydrogen-bond donors (Lipinski definition) is 2. The molecule has 3 amide bonds. The monoisotopic (exact) mass is 374 g/mol. The smallest absolute Gasteiger partial charge is 0.308 e. The van der Waals surface area contributed by atoms with Crippen molar-refractivity contribution < 1.29 is 9.59 Å². The lowest BCUT2D eigenvalue weighted by atomic mass is 10.3. The standard InChI is InChI=1S/C16H14N4O3S2/c1-20-14(22)13-11(7-8-24-13)18-16(20)25-9-12(21)19-15(23)17-10-5-3-2-4-6-10/h2-8H,9H2,1H3,(H2,17,19,21,23). The van der Waals surface area contributed by atoms with Gasteiger partial charge in [0.15, 0.2) is 5.16 Å².